The van der Waals surface area contributed by atoms with Crippen LogP contribution >= 0.6 is 0 Å². The quantitative estimate of drug-likeness (QED) is 0.444. The maximum atomic E-state index is 11.3. The lowest BCUT2D eigenvalue weighted by Crippen LogP contribution is -2.40. The molecule has 1 aromatic carbocycles. The first-order valence-electron chi connectivity index (χ1n) is 5.02. The Morgan fingerprint density at radius 3 is 2.24 bits per heavy atom. The molecule has 0 aliphatic rings. The van der Waals surface area contributed by atoms with Crippen molar-refractivity contribution in [2.45, 2.75) is 13.0 Å². The SMILES string of the molecule is COc1cccc(OC)c1OC(C)C(=O)NN. The summed E-state index contributed by atoms with van der Waals surface area (Å²) in [6, 6.07) is 5.19. The fraction of sp³-hybridized carbons (Fsp3) is 0.364. The zero-order chi connectivity index (χ0) is 12.8. The van der Waals surface area contributed by atoms with Crippen LogP contribution in [0.25, 0.3) is 0 Å². The summed E-state index contributed by atoms with van der Waals surface area (Å²) in [5.74, 6) is 5.94. The van der Waals surface area contributed by atoms with Crippen molar-refractivity contribution in [2.24, 2.45) is 5.84 Å². The molecular formula is C11H16N2O4. The van der Waals surface area contributed by atoms with Crippen LogP contribution in [-0.2, 0) is 4.79 Å². The Hall–Kier alpha value is -1.95. The van der Waals surface area contributed by atoms with E-state index in [1.807, 2.05) is 5.43 Å². The second-order valence-electron chi connectivity index (χ2n) is 3.26. The van der Waals surface area contributed by atoms with Crippen LogP contribution in [0.3, 0.4) is 0 Å². The molecule has 0 aromatic heterocycles. The number of hydrazine groups is 1. The average Bonchev–Trinajstić information content (AvgIpc) is 2.37. The third-order valence-corrected chi connectivity index (χ3v) is 2.19. The van der Waals surface area contributed by atoms with Gasteiger partial charge in [0, 0.05) is 0 Å². The molecule has 0 bridgehead atoms. The Bertz CT molecular complexity index is 373. The van der Waals surface area contributed by atoms with Gasteiger partial charge in [0.05, 0.1) is 14.2 Å². The summed E-state index contributed by atoms with van der Waals surface area (Å²) in [4.78, 5) is 11.3. The molecule has 0 saturated carbocycles. The number of para-hydroxylation sites is 1. The smallest absolute Gasteiger partial charge is 0.274 e. The number of ether oxygens (including phenoxy) is 3. The van der Waals surface area contributed by atoms with Gasteiger partial charge in [0.2, 0.25) is 5.75 Å². The van der Waals surface area contributed by atoms with Gasteiger partial charge in [-0.2, -0.15) is 0 Å². The van der Waals surface area contributed by atoms with Gasteiger partial charge in [-0.25, -0.2) is 5.84 Å². The van der Waals surface area contributed by atoms with Gasteiger partial charge in [-0.05, 0) is 19.1 Å². The van der Waals surface area contributed by atoms with Crippen molar-refractivity contribution in [1.82, 2.24) is 5.43 Å². The van der Waals surface area contributed by atoms with Crippen LogP contribution in [0.15, 0.2) is 18.2 Å². The molecule has 0 heterocycles. The van der Waals surface area contributed by atoms with Crippen molar-refractivity contribution in [3.63, 3.8) is 0 Å². The second-order valence-corrected chi connectivity index (χ2v) is 3.26. The molecule has 0 spiro atoms. The topological polar surface area (TPSA) is 82.8 Å². The molecule has 3 N–H and O–H groups in total. The highest BCUT2D eigenvalue weighted by atomic mass is 16.5. The lowest BCUT2D eigenvalue weighted by atomic mass is 10.3. The van der Waals surface area contributed by atoms with Gasteiger partial charge in [0.15, 0.2) is 17.6 Å². The number of rotatable bonds is 5. The van der Waals surface area contributed by atoms with E-state index >= 15 is 0 Å². The summed E-state index contributed by atoms with van der Waals surface area (Å²) in [5.41, 5.74) is 2.01. The number of carbonyl (C=O) groups excluding carboxylic acids is 1. The third kappa shape index (κ3) is 3.01. The van der Waals surface area contributed by atoms with Crippen LogP contribution in [0.2, 0.25) is 0 Å². The number of amides is 1. The molecule has 0 aliphatic carbocycles. The predicted octanol–water partition coefficient (Wildman–Crippen LogP) is 0.461. The summed E-state index contributed by atoms with van der Waals surface area (Å²) >= 11 is 0. The highest BCUT2D eigenvalue weighted by Gasteiger charge is 2.18. The second kappa shape index (κ2) is 5.95. The Morgan fingerprint density at radius 2 is 1.82 bits per heavy atom. The molecule has 6 heteroatoms. The number of nitrogens with one attached hydrogen (secondary N) is 1. The van der Waals surface area contributed by atoms with Crippen molar-refractivity contribution in [3.05, 3.63) is 18.2 Å². The molecule has 1 rings (SSSR count). The molecule has 0 saturated heterocycles. The van der Waals surface area contributed by atoms with Gasteiger partial charge in [-0.15, -0.1) is 0 Å². The van der Waals surface area contributed by atoms with Crippen LogP contribution in [0, 0.1) is 0 Å². The first kappa shape index (κ1) is 13.1. The molecule has 6 nitrogen and oxygen atoms in total. The van der Waals surface area contributed by atoms with Crippen molar-refractivity contribution in [1.29, 1.82) is 0 Å². The Balaban J connectivity index is 2.99. The summed E-state index contributed by atoms with van der Waals surface area (Å²) in [6.45, 7) is 1.58. The molecule has 94 valence electrons. The van der Waals surface area contributed by atoms with E-state index in [2.05, 4.69) is 0 Å². The van der Waals surface area contributed by atoms with E-state index in [0.717, 1.165) is 0 Å². The van der Waals surface area contributed by atoms with Crippen LogP contribution in [0.5, 0.6) is 17.2 Å². The lowest BCUT2D eigenvalue weighted by molar-refractivity contribution is -0.127. The molecule has 1 aromatic rings. The Kier molecular flexibility index (Phi) is 4.59. The van der Waals surface area contributed by atoms with E-state index in [0.29, 0.717) is 17.2 Å². The van der Waals surface area contributed by atoms with E-state index in [1.165, 1.54) is 14.2 Å². The Labute approximate surface area is 99.6 Å². The summed E-state index contributed by atoms with van der Waals surface area (Å²) < 4.78 is 15.7. The largest absolute Gasteiger partial charge is 0.493 e. The van der Waals surface area contributed by atoms with E-state index in [-0.39, 0.29) is 0 Å². The minimum Gasteiger partial charge on any atom is -0.493 e. The number of hydrogen-bond acceptors (Lipinski definition) is 5. The standard InChI is InChI=1S/C11H16N2O4/c1-7(11(14)13-12)17-10-8(15-2)5-4-6-9(10)16-3/h4-7H,12H2,1-3H3,(H,13,14). The van der Waals surface area contributed by atoms with E-state index in [4.69, 9.17) is 20.1 Å². The van der Waals surface area contributed by atoms with E-state index < -0.39 is 12.0 Å². The number of nitrogens with two attached hydrogens (primary N) is 1. The first-order chi connectivity index (χ1) is 8.13. The monoisotopic (exact) mass is 240 g/mol. The molecule has 17 heavy (non-hydrogen) atoms. The van der Waals surface area contributed by atoms with Gasteiger partial charge in [-0.1, -0.05) is 6.07 Å². The van der Waals surface area contributed by atoms with Crippen LogP contribution in [0.4, 0.5) is 0 Å². The normalized spacial score (nSPS) is 11.5. The van der Waals surface area contributed by atoms with Crippen LogP contribution in [-0.4, -0.2) is 26.2 Å². The average molecular weight is 240 g/mol. The molecule has 1 unspecified atom stereocenters. The fourth-order valence-corrected chi connectivity index (χ4v) is 1.28. The number of hydrogen-bond donors (Lipinski definition) is 2. The first-order valence-corrected chi connectivity index (χ1v) is 5.02. The molecule has 1 atom stereocenters. The fourth-order valence-electron chi connectivity index (χ4n) is 1.28. The minimum atomic E-state index is -0.745. The van der Waals surface area contributed by atoms with Gasteiger partial charge >= 0.3 is 0 Å². The van der Waals surface area contributed by atoms with Gasteiger partial charge < -0.3 is 14.2 Å². The van der Waals surface area contributed by atoms with E-state index in [9.17, 15) is 4.79 Å². The van der Waals surface area contributed by atoms with Gasteiger partial charge in [0.1, 0.15) is 0 Å². The number of benzene rings is 1. The molecule has 0 radical (unpaired) electrons. The summed E-state index contributed by atoms with van der Waals surface area (Å²) in [6.07, 6.45) is -0.745. The molecular weight excluding hydrogens is 224 g/mol. The summed E-state index contributed by atoms with van der Waals surface area (Å²) in [7, 11) is 3.02. The van der Waals surface area contributed by atoms with Crippen molar-refractivity contribution in [2.75, 3.05) is 14.2 Å². The predicted molar refractivity (Wildman–Crippen MR) is 62.0 cm³/mol. The van der Waals surface area contributed by atoms with E-state index in [1.54, 1.807) is 25.1 Å². The highest BCUT2D eigenvalue weighted by molar-refractivity contribution is 5.80. The van der Waals surface area contributed by atoms with Crippen molar-refractivity contribution >= 4 is 5.91 Å². The zero-order valence-corrected chi connectivity index (χ0v) is 10.0. The van der Waals surface area contributed by atoms with Crippen molar-refractivity contribution < 1.29 is 19.0 Å². The van der Waals surface area contributed by atoms with Crippen molar-refractivity contribution in [3.8, 4) is 17.2 Å². The molecule has 0 fully saturated rings. The number of carbonyl (C=O) groups is 1. The molecule has 0 aliphatic heterocycles. The third-order valence-electron chi connectivity index (χ3n) is 2.19. The zero-order valence-electron chi connectivity index (χ0n) is 10.0. The minimum absolute atomic E-state index is 0.369. The maximum Gasteiger partial charge on any atom is 0.274 e. The van der Waals surface area contributed by atoms with Crippen LogP contribution < -0.4 is 25.5 Å². The number of methoxy groups -OCH3 is 2. The Morgan fingerprint density at radius 1 is 1.29 bits per heavy atom. The lowest BCUT2D eigenvalue weighted by Gasteiger charge is -2.17. The molecule has 1 amide bonds. The van der Waals surface area contributed by atoms with Crippen LogP contribution in [0.1, 0.15) is 6.92 Å². The van der Waals surface area contributed by atoms with Gasteiger partial charge in [0.25, 0.3) is 5.91 Å². The highest BCUT2D eigenvalue weighted by Crippen LogP contribution is 2.37. The summed E-state index contributed by atoms with van der Waals surface area (Å²) in [5, 5.41) is 0. The maximum absolute atomic E-state index is 11.3. The van der Waals surface area contributed by atoms with Gasteiger partial charge in [-0.3, -0.25) is 10.2 Å².